The first-order valence-corrected chi connectivity index (χ1v) is 9.49. The highest BCUT2D eigenvalue weighted by atomic mass is 35.5. The number of amides is 1. The number of fused-ring (bicyclic) bond motifs is 4. The molecule has 0 aliphatic carbocycles. The van der Waals surface area contributed by atoms with Gasteiger partial charge < -0.3 is 5.32 Å². The summed E-state index contributed by atoms with van der Waals surface area (Å²) in [6.45, 7) is 0.681. The largest absolute Gasteiger partial charge is 0.324 e. The number of hydrogen-bond acceptors (Lipinski definition) is 4. The number of nitro groups is 1. The molecule has 4 atom stereocenters. The first kappa shape index (κ1) is 16.7. The zero-order valence-corrected chi connectivity index (χ0v) is 15.2. The zero-order valence-electron chi connectivity index (χ0n) is 14.5. The Morgan fingerprint density at radius 2 is 1.93 bits per heavy atom. The van der Waals surface area contributed by atoms with Gasteiger partial charge in [0.2, 0.25) is 0 Å². The van der Waals surface area contributed by atoms with E-state index in [-0.39, 0.29) is 22.8 Å². The highest BCUT2D eigenvalue weighted by molar-refractivity contribution is 6.30. The summed E-state index contributed by atoms with van der Waals surface area (Å²) in [6, 6.07) is 13.5. The van der Waals surface area contributed by atoms with Gasteiger partial charge >= 0.3 is 0 Å². The molecule has 1 amide bonds. The monoisotopic (exact) mass is 383 g/mol. The van der Waals surface area contributed by atoms with Crippen LogP contribution in [0, 0.1) is 10.1 Å². The Hall–Kier alpha value is -2.44. The summed E-state index contributed by atoms with van der Waals surface area (Å²) >= 11 is 6.03. The molecule has 138 valence electrons. The van der Waals surface area contributed by atoms with E-state index in [4.69, 9.17) is 11.6 Å². The Kier molecular flexibility index (Phi) is 3.58. The molecular formula is C20H18ClN3O3. The lowest BCUT2D eigenvalue weighted by Crippen LogP contribution is -2.55. The van der Waals surface area contributed by atoms with Gasteiger partial charge in [0.15, 0.2) is 5.54 Å². The molecule has 2 aromatic rings. The molecule has 2 aromatic carbocycles. The van der Waals surface area contributed by atoms with Crippen LogP contribution in [0.5, 0.6) is 0 Å². The van der Waals surface area contributed by atoms with Crippen LogP contribution in [0.1, 0.15) is 29.9 Å². The van der Waals surface area contributed by atoms with Gasteiger partial charge in [0.25, 0.3) is 11.9 Å². The number of rotatable bonds is 2. The summed E-state index contributed by atoms with van der Waals surface area (Å²) in [5.41, 5.74) is 1.01. The highest BCUT2D eigenvalue weighted by Gasteiger charge is 2.73. The van der Waals surface area contributed by atoms with E-state index >= 15 is 0 Å². The lowest BCUT2D eigenvalue weighted by atomic mass is 9.77. The maximum Gasteiger partial charge on any atom is 0.256 e. The van der Waals surface area contributed by atoms with Crippen LogP contribution in [0.3, 0.4) is 0 Å². The topological polar surface area (TPSA) is 75.5 Å². The molecule has 7 heteroatoms. The predicted molar refractivity (Wildman–Crippen MR) is 101 cm³/mol. The normalized spacial score (nSPS) is 31.7. The van der Waals surface area contributed by atoms with Gasteiger partial charge in [-0.3, -0.25) is 19.8 Å². The molecule has 6 nitrogen and oxygen atoms in total. The molecule has 0 radical (unpaired) electrons. The van der Waals surface area contributed by atoms with Crippen molar-refractivity contribution in [3.63, 3.8) is 0 Å². The molecule has 0 unspecified atom stereocenters. The number of anilines is 1. The molecule has 3 aliphatic rings. The van der Waals surface area contributed by atoms with Crippen LogP contribution in [0.25, 0.3) is 0 Å². The number of carbonyl (C=O) groups is 1. The number of hydrogen-bond donors (Lipinski definition) is 1. The van der Waals surface area contributed by atoms with Gasteiger partial charge in [0.05, 0.1) is 5.92 Å². The second-order valence-corrected chi connectivity index (χ2v) is 7.91. The van der Waals surface area contributed by atoms with Crippen LogP contribution in [0.15, 0.2) is 48.5 Å². The number of carbonyl (C=O) groups excluding carboxylic acids is 1. The van der Waals surface area contributed by atoms with Crippen molar-refractivity contribution < 1.29 is 9.72 Å². The average molecular weight is 384 g/mol. The van der Waals surface area contributed by atoms with Crippen molar-refractivity contribution in [3.8, 4) is 0 Å². The molecule has 3 aliphatic heterocycles. The van der Waals surface area contributed by atoms with Crippen LogP contribution >= 0.6 is 11.6 Å². The number of nitrogens with zero attached hydrogens (tertiary/aromatic N) is 2. The summed E-state index contributed by atoms with van der Waals surface area (Å²) in [6.07, 6.45) is 1.77. The lowest BCUT2D eigenvalue weighted by Gasteiger charge is -2.32. The molecule has 27 heavy (non-hydrogen) atoms. The molecule has 1 spiro atoms. The molecule has 0 bridgehead atoms. The number of nitrogens with one attached hydrogen (secondary N) is 1. The van der Waals surface area contributed by atoms with Crippen molar-refractivity contribution in [2.45, 2.75) is 36.4 Å². The van der Waals surface area contributed by atoms with Crippen molar-refractivity contribution in [3.05, 3.63) is 74.8 Å². The standard InChI is InChI=1S/C20H18ClN3O3/c21-13-9-7-12(8-10-13)17-16-6-3-11-23(16)20(18(17)24(26)27)14-4-1-2-5-15(14)22-19(20)25/h1-2,4-5,7-10,16-18H,3,6,11H2,(H,22,25)/t16-,17+,18-,20+/m1/s1. The van der Waals surface area contributed by atoms with Gasteiger partial charge in [-0.1, -0.05) is 41.9 Å². The molecule has 0 aromatic heterocycles. The van der Waals surface area contributed by atoms with Crippen LogP contribution in [0.4, 0.5) is 5.69 Å². The first-order valence-electron chi connectivity index (χ1n) is 9.12. The van der Waals surface area contributed by atoms with E-state index < -0.39 is 11.6 Å². The minimum absolute atomic E-state index is 0.0431. The Labute approximate surface area is 161 Å². The SMILES string of the molecule is O=C1Nc2ccccc2[C@]12[C@H]([N+](=O)[O-])[C@@H](c1ccc(Cl)cc1)[C@H]1CCCN12. The van der Waals surface area contributed by atoms with Gasteiger partial charge in [-0.25, -0.2) is 0 Å². The lowest BCUT2D eigenvalue weighted by molar-refractivity contribution is -0.534. The van der Waals surface area contributed by atoms with E-state index in [1.807, 2.05) is 36.4 Å². The van der Waals surface area contributed by atoms with Crippen LogP contribution in [-0.2, 0) is 10.3 Å². The van der Waals surface area contributed by atoms with E-state index in [1.165, 1.54) is 0 Å². The maximum absolute atomic E-state index is 13.3. The van der Waals surface area contributed by atoms with Gasteiger partial charge in [-0.2, -0.15) is 0 Å². The third-order valence-electron chi connectivity index (χ3n) is 6.35. The van der Waals surface area contributed by atoms with Crippen molar-refractivity contribution >= 4 is 23.2 Å². The van der Waals surface area contributed by atoms with Gasteiger partial charge in [0.1, 0.15) is 0 Å². The smallest absolute Gasteiger partial charge is 0.256 e. The Balaban J connectivity index is 1.76. The van der Waals surface area contributed by atoms with E-state index in [1.54, 1.807) is 12.1 Å². The van der Waals surface area contributed by atoms with E-state index in [0.717, 1.165) is 24.0 Å². The van der Waals surface area contributed by atoms with Crippen LogP contribution in [0.2, 0.25) is 5.02 Å². The predicted octanol–water partition coefficient (Wildman–Crippen LogP) is 3.39. The molecule has 5 rings (SSSR count). The van der Waals surface area contributed by atoms with E-state index in [2.05, 4.69) is 10.2 Å². The van der Waals surface area contributed by atoms with Crippen LogP contribution in [-0.4, -0.2) is 34.4 Å². The minimum Gasteiger partial charge on any atom is -0.324 e. The highest BCUT2D eigenvalue weighted by Crippen LogP contribution is 2.57. The number of para-hydroxylation sites is 1. The minimum atomic E-state index is -1.26. The second kappa shape index (κ2) is 5.78. The van der Waals surface area contributed by atoms with Gasteiger partial charge in [0, 0.05) is 33.8 Å². The first-order chi connectivity index (χ1) is 13.0. The number of halogens is 1. The summed E-state index contributed by atoms with van der Waals surface area (Å²) in [5.74, 6) is -0.648. The Morgan fingerprint density at radius 3 is 2.67 bits per heavy atom. The number of benzene rings is 2. The van der Waals surface area contributed by atoms with Crippen molar-refractivity contribution in [2.75, 3.05) is 11.9 Å². The average Bonchev–Trinajstić information content (AvgIpc) is 3.30. The molecule has 3 heterocycles. The fourth-order valence-corrected chi connectivity index (χ4v) is 5.59. The molecule has 2 fully saturated rings. The quantitative estimate of drug-likeness (QED) is 0.637. The summed E-state index contributed by atoms with van der Waals surface area (Å²) in [7, 11) is 0. The summed E-state index contributed by atoms with van der Waals surface area (Å²) < 4.78 is 0. The Morgan fingerprint density at radius 1 is 1.19 bits per heavy atom. The summed E-state index contributed by atoms with van der Waals surface area (Å²) in [4.78, 5) is 27.5. The van der Waals surface area contributed by atoms with Crippen molar-refractivity contribution in [1.29, 1.82) is 0 Å². The fraction of sp³-hybridized carbons (Fsp3) is 0.350. The van der Waals surface area contributed by atoms with Gasteiger partial charge in [-0.15, -0.1) is 0 Å². The van der Waals surface area contributed by atoms with E-state index in [9.17, 15) is 14.9 Å². The van der Waals surface area contributed by atoms with Crippen molar-refractivity contribution in [1.82, 2.24) is 4.90 Å². The fourth-order valence-electron chi connectivity index (χ4n) is 5.46. The third-order valence-corrected chi connectivity index (χ3v) is 6.60. The molecule has 2 saturated heterocycles. The molecule has 1 N–H and O–H groups in total. The zero-order chi connectivity index (χ0) is 18.8. The Bertz CT molecular complexity index is 948. The molecular weight excluding hydrogens is 366 g/mol. The maximum atomic E-state index is 13.3. The van der Waals surface area contributed by atoms with Crippen molar-refractivity contribution in [2.24, 2.45) is 0 Å². The second-order valence-electron chi connectivity index (χ2n) is 7.48. The van der Waals surface area contributed by atoms with Crippen LogP contribution < -0.4 is 5.32 Å². The molecule has 0 saturated carbocycles. The van der Waals surface area contributed by atoms with E-state index in [0.29, 0.717) is 17.3 Å². The summed E-state index contributed by atoms with van der Waals surface area (Å²) in [5, 5.41) is 15.9. The third kappa shape index (κ3) is 2.08. The van der Waals surface area contributed by atoms with Gasteiger partial charge in [-0.05, 0) is 36.6 Å².